The normalized spacial score (nSPS) is 14.4. The van der Waals surface area contributed by atoms with E-state index in [4.69, 9.17) is 4.74 Å². The van der Waals surface area contributed by atoms with Gasteiger partial charge in [-0.15, -0.1) is 0 Å². The quantitative estimate of drug-likeness (QED) is 0.333. The van der Waals surface area contributed by atoms with Crippen LogP contribution in [0.1, 0.15) is 61.6 Å². The fourth-order valence-electron chi connectivity index (χ4n) is 3.17. The van der Waals surface area contributed by atoms with E-state index >= 15 is 0 Å². The van der Waals surface area contributed by atoms with Gasteiger partial charge in [0.1, 0.15) is 0 Å². The number of hydrogen-bond acceptors (Lipinski definition) is 2. The van der Waals surface area contributed by atoms with E-state index in [-0.39, 0.29) is 16.2 Å². The summed E-state index contributed by atoms with van der Waals surface area (Å²) in [5, 5.41) is 0. The molecule has 0 spiro atoms. The van der Waals surface area contributed by atoms with E-state index in [1.165, 1.54) is 19.2 Å². The SMILES string of the molecule is COC(=O)[C@H](C)c1ccc([C@H](Br)CC(C)(C)C)c(-c2ccc(C(F)(F)F)cc2)c1. The lowest BCUT2D eigenvalue weighted by Crippen LogP contribution is -2.12. The Balaban J connectivity index is 2.56. The van der Waals surface area contributed by atoms with Crippen LogP contribution in [0.2, 0.25) is 0 Å². The Labute approximate surface area is 178 Å². The molecule has 2 rings (SSSR count). The van der Waals surface area contributed by atoms with Crippen molar-refractivity contribution < 1.29 is 22.7 Å². The summed E-state index contributed by atoms with van der Waals surface area (Å²) in [6, 6.07) is 10.8. The first-order valence-corrected chi connectivity index (χ1v) is 10.3. The molecule has 0 aliphatic heterocycles. The molecular weight excluding hydrogens is 445 g/mol. The standard InChI is InChI=1S/C23H26BrF3O2/c1-14(21(28)29-5)16-8-11-18(20(24)13-22(2,3)4)19(12-16)15-6-9-17(10-7-15)23(25,26)27/h6-12,14,20H,13H2,1-5H3/t14-,20-/m1/s1. The lowest BCUT2D eigenvalue weighted by Gasteiger charge is -2.25. The Morgan fingerprint density at radius 1 is 1.07 bits per heavy atom. The van der Waals surface area contributed by atoms with Crippen molar-refractivity contribution >= 4 is 21.9 Å². The second kappa shape index (κ2) is 8.90. The van der Waals surface area contributed by atoms with Crippen molar-refractivity contribution in [2.75, 3.05) is 7.11 Å². The number of hydrogen-bond donors (Lipinski definition) is 0. The van der Waals surface area contributed by atoms with Crippen molar-refractivity contribution in [2.24, 2.45) is 5.41 Å². The largest absolute Gasteiger partial charge is 0.469 e. The zero-order chi connectivity index (χ0) is 22.0. The van der Waals surface area contributed by atoms with E-state index in [2.05, 4.69) is 36.7 Å². The first-order valence-electron chi connectivity index (χ1n) is 9.37. The van der Waals surface area contributed by atoms with Crippen LogP contribution >= 0.6 is 15.9 Å². The van der Waals surface area contributed by atoms with Crippen LogP contribution in [0.5, 0.6) is 0 Å². The Morgan fingerprint density at radius 2 is 1.66 bits per heavy atom. The molecule has 0 saturated heterocycles. The predicted molar refractivity (Wildman–Crippen MR) is 113 cm³/mol. The van der Waals surface area contributed by atoms with Gasteiger partial charge in [0.15, 0.2) is 0 Å². The molecule has 0 N–H and O–H groups in total. The van der Waals surface area contributed by atoms with Crippen LogP contribution < -0.4 is 0 Å². The predicted octanol–water partition coefficient (Wildman–Crippen LogP) is 7.52. The zero-order valence-corrected chi connectivity index (χ0v) is 18.8. The van der Waals surface area contributed by atoms with Gasteiger partial charge >= 0.3 is 12.1 Å². The highest BCUT2D eigenvalue weighted by Gasteiger charge is 2.30. The second-order valence-corrected chi connectivity index (χ2v) is 9.50. The van der Waals surface area contributed by atoms with Crippen molar-refractivity contribution in [1.29, 1.82) is 0 Å². The molecule has 29 heavy (non-hydrogen) atoms. The molecule has 0 saturated carbocycles. The van der Waals surface area contributed by atoms with Gasteiger partial charge in [0.25, 0.3) is 0 Å². The van der Waals surface area contributed by atoms with Crippen molar-refractivity contribution in [3.8, 4) is 11.1 Å². The van der Waals surface area contributed by atoms with Gasteiger partial charge in [-0.25, -0.2) is 0 Å². The number of carbonyl (C=O) groups excluding carboxylic acids is 1. The van der Waals surface area contributed by atoms with Gasteiger partial charge in [-0.05, 0) is 59.2 Å². The lowest BCUT2D eigenvalue weighted by molar-refractivity contribution is -0.142. The summed E-state index contributed by atoms with van der Waals surface area (Å²) in [7, 11) is 1.34. The number of alkyl halides is 4. The molecule has 0 aliphatic rings. The smallest absolute Gasteiger partial charge is 0.416 e. The highest BCUT2D eigenvalue weighted by Crippen LogP contribution is 2.41. The van der Waals surface area contributed by atoms with Crippen LogP contribution in [-0.4, -0.2) is 13.1 Å². The minimum atomic E-state index is -4.38. The molecule has 0 fully saturated rings. The first kappa shape index (κ1) is 23.5. The van der Waals surface area contributed by atoms with E-state index in [0.717, 1.165) is 35.2 Å². The van der Waals surface area contributed by atoms with E-state index in [0.29, 0.717) is 5.56 Å². The van der Waals surface area contributed by atoms with Crippen LogP contribution in [0.3, 0.4) is 0 Å². The number of rotatable bonds is 5. The van der Waals surface area contributed by atoms with E-state index < -0.39 is 17.7 Å². The number of carbonyl (C=O) groups is 1. The molecule has 0 radical (unpaired) electrons. The van der Waals surface area contributed by atoms with Gasteiger partial charge in [0.2, 0.25) is 0 Å². The maximum atomic E-state index is 13.0. The number of esters is 1. The van der Waals surface area contributed by atoms with Crippen molar-refractivity contribution in [2.45, 2.75) is 51.0 Å². The van der Waals surface area contributed by atoms with Crippen molar-refractivity contribution in [3.05, 3.63) is 59.2 Å². The van der Waals surface area contributed by atoms with Crippen LogP contribution in [-0.2, 0) is 15.7 Å². The van der Waals surface area contributed by atoms with Crippen molar-refractivity contribution in [1.82, 2.24) is 0 Å². The molecule has 2 aromatic carbocycles. The molecule has 0 unspecified atom stereocenters. The molecule has 0 aromatic heterocycles. The molecule has 2 nitrogen and oxygen atoms in total. The molecule has 158 valence electrons. The van der Waals surface area contributed by atoms with Crippen LogP contribution in [0.15, 0.2) is 42.5 Å². The molecule has 2 aromatic rings. The summed E-state index contributed by atoms with van der Waals surface area (Å²) < 4.78 is 43.7. The Hall–Kier alpha value is -1.82. The maximum Gasteiger partial charge on any atom is 0.416 e. The molecular formula is C23H26BrF3O2. The van der Waals surface area contributed by atoms with Crippen LogP contribution in [0, 0.1) is 5.41 Å². The van der Waals surface area contributed by atoms with Crippen LogP contribution in [0.4, 0.5) is 13.2 Å². The highest BCUT2D eigenvalue weighted by atomic mass is 79.9. The summed E-state index contributed by atoms with van der Waals surface area (Å²) in [6.45, 7) is 8.14. The lowest BCUT2D eigenvalue weighted by atomic mass is 9.85. The fourth-order valence-corrected chi connectivity index (χ4v) is 4.54. The summed E-state index contributed by atoms with van der Waals surface area (Å²) in [6.07, 6.45) is -3.54. The summed E-state index contributed by atoms with van der Waals surface area (Å²) in [4.78, 5) is 12.0. The third kappa shape index (κ3) is 6.08. The second-order valence-electron chi connectivity index (χ2n) is 8.40. The summed E-state index contributed by atoms with van der Waals surface area (Å²) in [5.41, 5.74) is 2.57. The van der Waals surface area contributed by atoms with Gasteiger partial charge < -0.3 is 4.74 Å². The third-order valence-electron chi connectivity index (χ3n) is 4.78. The topological polar surface area (TPSA) is 26.3 Å². The zero-order valence-electron chi connectivity index (χ0n) is 17.2. The van der Waals surface area contributed by atoms with Gasteiger partial charge in [0, 0.05) is 4.83 Å². The van der Waals surface area contributed by atoms with Gasteiger partial charge in [-0.2, -0.15) is 13.2 Å². The van der Waals surface area contributed by atoms with Gasteiger partial charge in [0.05, 0.1) is 18.6 Å². The van der Waals surface area contributed by atoms with E-state index in [1.54, 1.807) is 6.92 Å². The fraction of sp³-hybridized carbons (Fsp3) is 0.435. The van der Waals surface area contributed by atoms with Gasteiger partial charge in [-0.1, -0.05) is 61.0 Å². The number of halogens is 4. The molecule has 0 amide bonds. The third-order valence-corrected chi connectivity index (χ3v) is 5.60. The van der Waals surface area contributed by atoms with E-state index in [9.17, 15) is 18.0 Å². The number of ether oxygens (including phenoxy) is 1. The molecule has 0 bridgehead atoms. The van der Waals surface area contributed by atoms with Crippen LogP contribution in [0.25, 0.3) is 11.1 Å². The minimum absolute atomic E-state index is 0.0160. The minimum Gasteiger partial charge on any atom is -0.469 e. The highest BCUT2D eigenvalue weighted by molar-refractivity contribution is 9.09. The summed E-state index contributed by atoms with van der Waals surface area (Å²) >= 11 is 3.75. The monoisotopic (exact) mass is 470 g/mol. The molecule has 0 aliphatic carbocycles. The average Bonchev–Trinajstić information content (AvgIpc) is 2.64. The van der Waals surface area contributed by atoms with Crippen molar-refractivity contribution in [3.63, 3.8) is 0 Å². The molecule has 6 heteroatoms. The summed E-state index contributed by atoms with van der Waals surface area (Å²) in [5.74, 6) is -0.833. The number of benzene rings is 2. The average molecular weight is 471 g/mol. The maximum absolute atomic E-state index is 13.0. The van der Waals surface area contributed by atoms with E-state index in [1.807, 2.05) is 18.2 Å². The van der Waals surface area contributed by atoms with Gasteiger partial charge in [-0.3, -0.25) is 4.79 Å². The first-order chi connectivity index (χ1) is 13.3. The Kier molecular flexibility index (Phi) is 7.20. The molecule has 0 heterocycles. The Morgan fingerprint density at radius 3 is 2.14 bits per heavy atom. The Bertz CT molecular complexity index is 852. The number of methoxy groups -OCH3 is 1. The molecule has 2 atom stereocenters.